The zero-order valence-corrected chi connectivity index (χ0v) is 15.3. The molecule has 0 aliphatic rings. The summed E-state index contributed by atoms with van der Waals surface area (Å²) >= 11 is 6.04. The molecule has 0 unspecified atom stereocenters. The summed E-state index contributed by atoms with van der Waals surface area (Å²) in [6.07, 6.45) is -3.97. The van der Waals surface area contributed by atoms with Gasteiger partial charge in [0.05, 0.1) is 15.3 Å². The Labute approximate surface area is 148 Å². The Bertz CT molecular complexity index is 666. The molecule has 2 aromatic heterocycles. The van der Waals surface area contributed by atoms with Crippen LogP contribution >= 0.6 is 38.6 Å². The zero-order valence-electron chi connectivity index (χ0n) is 12.1. The van der Waals surface area contributed by atoms with Gasteiger partial charge in [0.25, 0.3) is 0 Å². The first-order valence-electron chi connectivity index (χ1n) is 6.59. The molecule has 0 aliphatic carbocycles. The van der Waals surface area contributed by atoms with E-state index in [9.17, 15) is 13.2 Å². The molecule has 0 amide bonds. The monoisotopic (exact) mass is 426 g/mol. The van der Waals surface area contributed by atoms with E-state index in [-0.39, 0.29) is 0 Å². The summed E-state index contributed by atoms with van der Waals surface area (Å²) in [5, 5.41) is 7.69. The lowest BCUT2D eigenvalue weighted by atomic mass is 10.4. The predicted octanol–water partition coefficient (Wildman–Crippen LogP) is 3.89. The quantitative estimate of drug-likeness (QED) is 0.563. The molecule has 0 fully saturated rings. The maximum atomic E-state index is 12.5. The van der Waals surface area contributed by atoms with Gasteiger partial charge in [0.2, 0.25) is 0 Å². The van der Waals surface area contributed by atoms with E-state index >= 15 is 0 Å². The molecule has 0 bridgehead atoms. The number of aromatic nitrogens is 1. The van der Waals surface area contributed by atoms with Crippen LogP contribution in [0.25, 0.3) is 0 Å². The van der Waals surface area contributed by atoms with E-state index in [1.807, 2.05) is 12.1 Å². The van der Waals surface area contributed by atoms with Gasteiger partial charge < -0.3 is 10.6 Å². The van der Waals surface area contributed by atoms with Crippen LogP contribution < -0.4 is 10.6 Å². The topological polar surface area (TPSA) is 49.3 Å². The molecule has 0 saturated carbocycles. The Hall–Kier alpha value is -1.13. The fraction of sp³-hybridized carbons (Fsp3) is 0.385. The summed E-state index contributed by atoms with van der Waals surface area (Å²) in [6.45, 7) is 1.09. The molecule has 0 radical (unpaired) electrons. The van der Waals surface area contributed by atoms with Crippen molar-refractivity contribution in [2.24, 2.45) is 4.99 Å². The third-order valence-corrected chi connectivity index (χ3v) is 5.29. The van der Waals surface area contributed by atoms with Gasteiger partial charge in [-0.25, -0.2) is 4.98 Å². The third-order valence-electron chi connectivity index (χ3n) is 2.76. The normalized spacial score (nSPS) is 12.5. The molecule has 0 atom stereocenters. The maximum Gasteiger partial charge on any atom is 0.434 e. The highest BCUT2D eigenvalue weighted by Crippen LogP contribution is 2.30. The zero-order chi connectivity index (χ0) is 16.9. The van der Waals surface area contributed by atoms with Crippen molar-refractivity contribution in [3.63, 3.8) is 0 Å². The molecule has 10 heteroatoms. The molecule has 2 N–H and O–H groups in total. The number of halogens is 4. The van der Waals surface area contributed by atoms with Gasteiger partial charge in [0, 0.05) is 30.3 Å². The number of rotatable bonds is 5. The summed E-state index contributed by atoms with van der Waals surface area (Å²) in [4.78, 5) is 8.81. The lowest BCUT2D eigenvalue weighted by Gasteiger charge is -2.10. The van der Waals surface area contributed by atoms with Crippen LogP contribution in [0.5, 0.6) is 0 Å². The van der Waals surface area contributed by atoms with Crippen molar-refractivity contribution in [2.45, 2.75) is 19.1 Å². The average molecular weight is 427 g/mol. The SMILES string of the molecule is CN=C(NCCc1nc(C(F)(F)F)cs1)NCc1ccc(Br)s1. The number of thiophene rings is 1. The van der Waals surface area contributed by atoms with Gasteiger partial charge in [-0.05, 0) is 28.1 Å². The highest BCUT2D eigenvalue weighted by Gasteiger charge is 2.33. The van der Waals surface area contributed by atoms with Gasteiger partial charge in [-0.1, -0.05) is 0 Å². The van der Waals surface area contributed by atoms with Gasteiger partial charge in [-0.15, -0.1) is 22.7 Å². The number of thiazole rings is 1. The number of aliphatic imine (C=N–C) groups is 1. The summed E-state index contributed by atoms with van der Waals surface area (Å²) in [5.74, 6) is 0.599. The van der Waals surface area contributed by atoms with E-state index < -0.39 is 11.9 Å². The Balaban J connectivity index is 1.76. The number of nitrogens with one attached hydrogen (secondary N) is 2. The van der Waals surface area contributed by atoms with E-state index in [1.54, 1.807) is 18.4 Å². The molecule has 0 aromatic carbocycles. The molecule has 2 rings (SSSR count). The van der Waals surface area contributed by atoms with Crippen LogP contribution in [0.1, 0.15) is 15.6 Å². The van der Waals surface area contributed by atoms with Crippen LogP contribution in [0, 0.1) is 0 Å². The minimum absolute atomic E-state index is 0.409. The van der Waals surface area contributed by atoms with Crippen molar-refractivity contribution in [2.75, 3.05) is 13.6 Å². The van der Waals surface area contributed by atoms with Crippen LogP contribution in [0.2, 0.25) is 0 Å². The average Bonchev–Trinajstić information content (AvgIpc) is 3.11. The second kappa shape index (κ2) is 8.11. The summed E-state index contributed by atoms with van der Waals surface area (Å²) in [7, 11) is 1.64. The number of alkyl halides is 3. The van der Waals surface area contributed by atoms with Crippen molar-refractivity contribution in [1.82, 2.24) is 15.6 Å². The minimum atomic E-state index is -4.38. The molecule has 23 heavy (non-hydrogen) atoms. The van der Waals surface area contributed by atoms with E-state index in [2.05, 4.69) is 36.5 Å². The van der Waals surface area contributed by atoms with E-state index in [0.717, 1.165) is 25.4 Å². The first-order valence-corrected chi connectivity index (χ1v) is 9.07. The van der Waals surface area contributed by atoms with Crippen molar-refractivity contribution >= 4 is 44.6 Å². The van der Waals surface area contributed by atoms with E-state index in [4.69, 9.17) is 0 Å². The largest absolute Gasteiger partial charge is 0.434 e. The first kappa shape index (κ1) is 18.2. The van der Waals surface area contributed by atoms with Crippen molar-refractivity contribution in [3.8, 4) is 0 Å². The van der Waals surface area contributed by atoms with Gasteiger partial charge in [-0.2, -0.15) is 13.2 Å². The van der Waals surface area contributed by atoms with Crippen molar-refractivity contribution in [3.05, 3.63) is 36.9 Å². The highest BCUT2D eigenvalue weighted by molar-refractivity contribution is 9.11. The molecular weight excluding hydrogens is 413 g/mol. The third kappa shape index (κ3) is 5.78. The summed E-state index contributed by atoms with van der Waals surface area (Å²) < 4.78 is 38.5. The Morgan fingerprint density at radius 3 is 2.70 bits per heavy atom. The molecule has 0 saturated heterocycles. The Morgan fingerprint density at radius 1 is 1.35 bits per heavy atom. The van der Waals surface area contributed by atoms with Crippen LogP contribution in [-0.4, -0.2) is 24.5 Å². The fourth-order valence-electron chi connectivity index (χ4n) is 1.68. The number of hydrogen-bond acceptors (Lipinski definition) is 4. The standard InChI is InChI=1S/C13H14BrF3N4S2/c1-18-12(20-6-8-2-3-10(14)23-8)19-5-4-11-21-9(7-22-11)13(15,16)17/h2-3,7H,4-6H2,1H3,(H2,18,19,20). The van der Waals surface area contributed by atoms with Crippen molar-refractivity contribution < 1.29 is 13.2 Å². The second-order valence-corrected chi connectivity index (χ2v) is 7.92. The first-order chi connectivity index (χ1) is 10.9. The van der Waals surface area contributed by atoms with E-state index in [0.29, 0.717) is 30.5 Å². The number of hydrogen-bond donors (Lipinski definition) is 2. The Kier molecular flexibility index (Phi) is 6.42. The fourth-order valence-corrected chi connectivity index (χ4v) is 3.91. The summed E-state index contributed by atoms with van der Waals surface area (Å²) in [5.41, 5.74) is -0.830. The predicted molar refractivity (Wildman–Crippen MR) is 91.0 cm³/mol. The highest BCUT2D eigenvalue weighted by atomic mass is 79.9. The van der Waals surface area contributed by atoms with Crippen LogP contribution in [0.3, 0.4) is 0 Å². The number of nitrogens with zero attached hydrogens (tertiary/aromatic N) is 2. The van der Waals surface area contributed by atoms with Crippen LogP contribution in [0.4, 0.5) is 13.2 Å². The van der Waals surface area contributed by atoms with E-state index in [1.165, 1.54) is 0 Å². The molecule has 0 spiro atoms. The smallest absolute Gasteiger partial charge is 0.356 e. The lowest BCUT2D eigenvalue weighted by molar-refractivity contribution is -0.140. The van der Waals surface area contributed by atoms with Gasteiger partial charge in [-0.3, -0.25) is 4.99 Å². The van der Waals surface area contributed by atoms with Gasteiger partial charge in [0.1, 0.15) is 0 Å². The molecule has 2 aromatic rings. The molecule has 126 valence electrons. The molecule has 2 heterocycles. The van der Waals surface area contributed by atoms with Gasteiger partial charge in [0.15, 0.2) is 11.7 Å². The minimum Gasteiger partial charge on any atom is -0.356 e. The number of guanidine groups is 1. The lowest BCUT2D eigenvalue weighted by Crippen LogP contribution is -2.37. The molecular formula is C13H14BrF3N4S2. The molecule has 0 aliphatic heterocycles. The van der Waals surface area contributed by atoms with Crippen molar-refractivity contribution in [1.29, 1.82) is 0 Å². The van der Waals surface area contributed by atoms with Gasteiger partial charge >= 0.3 is 6.18 Å². The van der Waals surface area contributed by atoms with Crippen LogP contribution in [-0.2, 0) is 19.1 Å². The Morgan fingerprint density at radius 2 is 2.13 bits per heavy atom. The van der Waals surface area contributed by atoms with Crippen LogP contribution in [0.15, 0.2) is 26.3 Å². The maximum absolute atomic E-state index is 12.5. The molecule has 4 nitrogen and oxygen atoms in total. The summed E-state index contributed by atoms with van der Waals surface area (Å²) in [6, 6.07) is 3.97. The second-order valence-electron chi connectivity index (χ2n) is 4.43.